The van der Waals surface area contributed by atoms with Crippen molar-refractivity contribution in [1.29, 1.82) is 5.26 Å². The van der Waals surface area contributed by atoms with Crippen LogP contribution >= 0.6 is 0 Å². The Morgan fingerprint density at radius 1 is 1.08 bits per heavy atom. The van der Waals surface area contributed by atoms with Gasteiger partial charge in [0.2, 0.25) is 0 Å². The lowest BCUT2D eigenvalue weighted by molar-refractivity contribution is 0.286. The highest BCUT2D eigenvalue weighted by atomic mass is 15.4. The van der Waals surface area contributed by atoms with Gasteiger partial charge in [0.05, 0.1) is 18.3 Å². The second-order valence-corrected chi connectivity index (χ2v) is 5.76. The van der Waals surface area contributed by atoms with Crippen LogP contribution in [0.4, 0.5) is 5.82 Å². The van der Waals surface area contributed by atoms with Crippen molar-refractivity contribution in [1.82, 2.24) is 24.5 Å². The summed E-state index contributed by atoms with van der Waals surface area (Å²) in [5.74, 6) is 1.60. The Morgan fingerprint density at radius 2 is 1.88 bits per heavy atom. The van der Waals surface area contributed by atoms with Gasteiger partial charge < -0.3 is 4.90 Å². The predicted octanol–water partition coefficient (Wildman–Crippen LogP) is 1.44. The number of fused-ring (bicyclic) bond motifs is 1. The molecule has 1 aromatic carbocycles. The molecule has 3 heterocycles. The van der Waals surface area contributed by atoms with Gasteiger partial charge >= 0.3 is 0 Å². The number of piperazine rings is 1. The minimum atomic E-state index is 0.484. The number of rotatable bonds is 3. The van der Waals surface area contributed by atoms with Gasteiger partial charge in [-0.3, -0.25) is 4.90 Å². The van der Waals surface area contributed by atoms with E-state index in [2.05, 4.69) is 37.0 Å². The number of hydrogen-bond acceptors (Lipinski definition) is 6. The summed E-state index contributed by atoms with van der Waals surface area (Å²) in [6.07, 6.45) is 1.53. The van der Waals surface area contributed by atoms with E-state index in [1.807, 2.05) is 30.3 Å². The van der Waals surface area contributed by atoms with Gasteiger partial charge in [0.1, 0.15) is 12.1 Å². The fourth-order valence-corrected chi connectivity index (χ4v) is 3.01. The van der Waals surface area contributed by atoms with E-state index in [0.29, 0.717) is 12.3 Å². The fourth-order valence-electron chi connectivity index (χ4n) is 3.01. The first-order valence-electron chi connectivity index (χ1n) is 7.95. The molecule has 0 spiro atoms. The Hall–Kier alpha value is -2.98. The van der Waals surface area contributed by atoms with E-state index in [-0.39, 0.29) is 0 Å². The number of benzene rings is 1. The van der Waals surface area contributed by atoms with Crippen LogP contribution in [-0.2, 0) is 0 Å². The molecule has 0 radical (unpaired) electrons. The van der Waals surface area contributed by atoms with E-state index in [9.17, 15) is 0 Å². The fraction of sp³-hybridized carbons (Fsp3) is 0.294. The molecule has 0 atom stereocenters. The van der Waals surface area contributed by atoms with Gasteiger partial charge in [0.15, 0.2) is 0 Å². The van der Waals surface area contributed by atoms with Gasteiger partial charge in [-0.05, 0) is 0 Å². The molecule has 1 aliphatic heterocycles. The zero-order chi connectivity index (χ0) is 16.4. The second kappa shape index (κ2) is 6.26. The van der Waals surface area contributed by atoms with Crippen LogP contribution in [0.25, 0.3) is 17.0 Å². The lowest BCUT2D eigenvalue weighted by atomic mass is 10.1. The molecule has 4 rings (SSSR count). The number of nitriles is 1. The van der Waals surface area contributed by atoms with Gasteiger partial charge in [-0.2, -0.15) is 19.9 Å². The van der Waals surface area contributed by atoms with Crippen LogP contribution in [0.1, 0.15) is 0 Å². The number of aromatic nitrogens is 4. The van der Waals surface area contributed by atoms with Crippen molar-refractivity contribution in [2.24, 2.45) is 0 Å². The highest BCUT2D eigenvalue weighted by molar-refractivity contribution is 5.65. The normalized spacial score (nSPS) is 15.5. The Balaban J connectivity index is 1.70. The highest BCUT2D eigenvalue weighted by Crippen LogP contribution is 2.24. The van der Waals surface area contributed by atoms with Crippen molar-refractivity contribution in [3.05, 3.63) is 42.7 Å². The van der Waals surface area contributed by atoms with E-state index >= 15 is 0 Å². The molecule has 0 amide bonds. The number of nitrogens with zero attached hydrogens (tertiary/aromatic N) is 7. The maximum Gasteiger partial charge on any atom is 0.254 e. The first kappa shape index (κ1) is 14.6. The maximum absolute atomic E-state index is 8.84. The van der Waals surface area contributed by atoms with Gasteiger partial charge in [0.25, 0.3) is 5.78 Å². The average molecular weight is 319 g/mol. The monoisotopic (exact) mass is 319 g/mol. The smallest absolute Gasteiger partial charge is 0.254 e. The molecule has 1 aliphatic rings. The molecule has 24 heavy (non-hydrogen) atoms. The van der Waals surface area contributed by atoms with E-state index in [1.54, 1.807) is 4.52 Å². The lowest BCUT2D eigenvalue weighted by Crippen LogP contribution is -2.47. The first-order chi connectivity index (χ1) is 11.8. The van der Waals surface area contributed by atoms with E-state index < -0.39 is 0 Å². The number of anilines is 1. The molecular weight excluding hydrogens is 302 g/mol. The molecule has 0 aliphatic carbocycles. The molecule has 0 saturated carbocycles. The van der Waals surface area contributed by atoms with Crippen molar-refractivity contribution in [2.45, 2.75) is 0 Å². The largest absolute Gasteiger partial charge is 0.354 e. The molecule has 1 saturated heterocycles. The second-order valence-electron chi connectivity index (χ2n) is 5.76. The predicted molar refractivity (Wildman–Crippen MR) is 90.5 cm³/mol. The summed E-state index contributed by atoms with van der Waals surface area (Å²) in [5, 5.41) is 13.2. The average Bonchev–Trinajstić information content (AvgIpc) is 3.11. The van der Waals surface area contributed by atoms with E-state index in [1.165, 1.54) is 6.33 Å². The standard InChI is InChI=1S/C17H17N7/c18-6-7-22-8-10-23(11-9-22)16-12-15(14-4-2-1-3-5-14)21-17-19-13-20-24(16)17/h1-5,12-13H,7-11H2. The summed E-state index contributed by atoms with van der Waals surface area (Å²) in [4.78, 5) is 13.3. The number of hydrogen-bond donors (Lipinski definition) is 0. The molecule has 7 nitrogen and oxygen atoms in total. The van der Waals surface area contributed by atoms with Gasteiger partial charge in [0, 0.05) is 37.8 Å². The van der Waals surface area contributed by atoms with Crippen LogP contribution in [0, 0.1) is 11.3 Å². The molecule has 0 N–H and O–H groups in total. The van der Waals surface area contributed by atoms with Crippen LogP contribution in [0.3, 0.4) is 0 Å². The SMILES string of the molecule is N#CCN1CCN(c2cc(-c3ccccc3)nc3ncnn23)CC1. The Labute approximate surface area is 139 Å². The quantitative estimate of drug-likeness (QED) is 0.680. The van der Waals surface area contributed by atoms with E-state index in [0.717, 1.165) is 43.3 Å². The Bertz CT molecular complexity index is 873. The molecule has 2 aromatic heterocycles. The molecular formula is C17H17N7. The lowest BCUT2D eigenvalue weighted by Gasteiger charge is -2.34. The summed E-state index contributed by atoms with van der Waals surface area (Å²) in [6, 6.07) is 14.4. The molecule has 1 fully saturated rings. The zero-order valence-corrected chi connectivity index (χ0v) is 13.2. The summed E-state index contributed by atoms with van der Waals surface area (Å²) in [7, 11) is 0. The molecule has 0 bridgehead atoms. The minimum Gasteiger partial charge on any atom is -0.354 e. The minimum absolute atomic E-state index is 0.484. The first-order valence-corrected chi connectivity index (χ1v) is 7.95. The summed E-state index contributed by atoms with van der Waals surface area (Å²) < 4.78 is 1.78. The van der Waals surface area contributed by atoms with Crippen molar-refractivity contribution >= 4 is 11.6 Å². The van der Waals surface area contributed by atoms with Gasteiger partial charge in [-0.1, -0.05) is 30.3 Å². The van der Waals surface area contributed by atoms with E-state index in [4.69, 9.17) is 5.26 Å². The Morgan fingerprint density at radius 3 is 2.62 bits per heavy atom. The third kappa shape index (κ3) is 2.68. The Kier molecular flexibility index (Phi) is 3.81. The highest BCUT2D eigenvalue weighted by Gasteiger charge is 2.20. The topological polar surface area (TPSA) is 73.3 Å². The van der Waals surface area contributed by atoms with Crippen molar-refractivity contribution in [3.63, 3.8) is 0 Å². The molecule has 3 aromatic rings. The van der Waals surface area contributed by atoms with Gasteiger partial charge in [-0.15, -0.1) is 0 Å². The third-order valence-corrected chi connectivity index (χ3v) is 4.29. The summed E-state index contributed by atoms with van der Waals surface area (Å²) >= 11 is 0. The van der Waals surface area contributed by atoms with Gasteiger partial charge in [-0.25, -0.2) is 4.98 Å². The molecule has 7 heteroatoms. The zero-order valence-electron chi connectivity index (χ0n) is 13.2. The van der Waals surface area contributed by atoms with Crippen LogP contribution < -0.4 is 4.90 Å². The summed E-state index contributed by atoms with van der Waals surface area (Å²) in [6.45, 7) is 3.93. The molecule has 0 unspecified atom stereocenters. The van der Waals surface area contributed by atoms with Crippen molar-refractivity contribution < 1.29 is 0 Å². The maximum atomic E-state index is 8.84. The van der Waals surface area contributed by atoms with Crippen molar-refractivity contribution in [3.8, 4) is 17.3 Å². The molecule has 120 valence electrons. The van der Waals surface area contributed by atoms with Crippen molar-refractivity contribution in [2.75, 3.05) is 37.6 Å². The van der Waals surface area contributed by atoms with Crippen LogP contribution in [0.5, 0.6) is 0 Å². The van der Waals surface area contributed by atoms with Crippen LogP contribution in [0.2, 0.25) is 0 Å². The summed E-state index contributed by atoms with van der Waals surface area (Å²) in [5.41, 5.74) is 1.96. The third-order valence-electron chi connectivity index (χ3n) is 4.29. The van der Waals surface area contributed by atoms with Crippen LogP contribution in [0.15, 0.2) is 42.7 Å². The van der Waals surface area contributed by atoms with Crippen LogP contribution in [-0.4, -0.2) is 57.2 Å².